The molecule has 0 amide bonds. The Hall–Kier alpha value is -0.840. The van der Waals surface area contributed by atoms with Gasteiger partial charge in [0, 0.05) is 37.2 Å². The van der Waals surface area contributed by atoms with Gasteiger partial charge in [-0.05, 0) is 123 Å². The van der Waals surface area contributed by atoms with Gasteiger partial charge in [-0.1, -0.05) is 48.5 Å². The van der Waals surface area contributed by atoms with Gasteiger partial charge in [-0.15, -0.1) is 0 Å². The molecule has 4 saturated carbocycles. The Morgan fingerprint density at radius 3 is 2.33 bits per heavy atom. The molecule has 0 aromatic carbocycles. The average Bonchev–Trinajstić information content (AvgIpc) is 3.28. The van der Waals surface area contributed by atoms with E-state index in [2.05, 4.69) is 44.8 Å². The minimum absolute atomic E-state index is 0.0359. The molecule has 6 nitrogen and oxygen atoms in total. The maximum absolute atomic E-state index is 13.3. The van der Waals surface area contributed by atoms with Crippen molar-refractivity contribution in [1.29, 1.82) is 0 Å². The molecular weight excluding hydrogens is 601 g/mol. The van der Waals surface area contributed by atoms with E-state index in [4.69, 9.17) is 4.18 Å². The van der Waals surface area contributed by atoms with Crippen LogP contribution in [0.4, 0.5) is 13.2 Å². The van der Waals surface area contributed by atoms with Crippen molar-refractivity contribution in [2.24, 2.45) is 51.2 Å². The van der Waals surface area contributed by atoms with Crippen LogP contribution in [0.5, 0.6) is 0 Å². The molecule has 0 saturated heterocycles. The second-order valence-electron chi connectivity index (χ2n) is 16.8. The van der Waals surface area contributed by atoms with E-state index < -0.39 is 21.0 Å². The van der Waals surface area contributed by atoms with Gasteiger partial charge in [0.25, 0.3) is 0 Å². The molecule has 0 aromatic rings. The lowest BCUT2D eigenvalue weighted by molar-refractivity contribution is -0.223. The van der Waals surface area contributed by atoms with Crippen molar-refractivity contribution < 1.29 is 30.9 Å². The fourth-order valence-electron chi connectivity index (χ4n) is 12.3. The number of alkyl halides is 3. The Kier molecular flexibility index (Phi) is 9.41. The molecule has 0 bridgehead atoms. The first-order valence-electron chi connectivity index (χ1n) is 17.6. The van der Waals surface area contributed by atoms with Crippen LogP contribution in [0, 0.1) is 51.2 Å². The number of hydrogen-bond acceptors (Lipinski definition) is 6. The smallest absolute Gasteiger partial charge is 0.396 e. The van der Waals surface area contributed by atoms with Crippen LogP contribution in [0.25, 0.3) is 0 Å². The minimum Gasteiger partial charge on any atom is -0.396 e. The number of allylic oxidation sites excluding steroid dienone is 2. The van der Waals surface area contributed by atoms with Crippen LogP contribution < -0.4 is 5.32 Å². The lowest BCUT2D eigenvalue weighted by Gasteiger charge is -2.72. The van der Waals surface area contributed by atoms with Crippen molar-refractivity contribution in [2.75, 3.05) is 32.8 Å². The molecular formula is C35H59F3N2O4S. The molecule has 0 radical (unpaired) electrons. The van der Waals surface area contributed by atoms with Crippen molar-refractivity contribution in [3.05, 3.63) is 11.8 Å². The average molecular weight is 661 g/mol. The van der Waals surface area contributed by atoms with Gasteiger partial charge in [0.2, 0.25) is 0 Å². The predicted molar refractivity (Wildman–Crippen MR) is 171 cm³/mol. The Labute approximate surface area is 270 Å². The molecule has 2 N–H and O–H groups in total. The third-order valence-electron chi connectivity index (χ3n) is 14.7. The van der Waals surface area contributed by atoms with Gasteiger partial charge in [0.05, 0.1) is 0 Å². The summed E-state index contributed by atoms with van der Waals surface area (Å²) in [4.78, 5) is 2.43. The Morgan fingerprint density at radius 1 is 0.978 bits per heavy atom. The zero-order chi connectivity index (χ0) is 33.3. The molecule has 0 unspecified atom stereocenters. The van der Waals surface area contributed by atoms with Gasteiger partial charge in [-0.2, -0.15) is 21.6 Å². The molecule has 5 rings (SSSR count). The number of aliphatic hydroxyl groups is 1. The predicted octanol–water partition coefficient (Wildman–Crippen LogP) is 7.49. The highest BCUT2D eigenvalue weighted by Crippen LogP contribution is 2.76. The molecule has 0 spiro atoms. The Balaban J connectivity index is 1.39. The summed E-state index contributed by atoms with van der Waals surface area (Å²) in [7, 11) is -5.71. The summed E-state index contributed by atoms with van der Waals surface area (Å²) in [6.07, 6.45) is 12.0. The van der Waals surface area contributed by atoms with Gasteiger partial charge >= 0.3 is 15.6 Å². The summed E-state index contributed by atoms with van der Waals surface area (Å²) in [6.45, 7) is 20.0. The molecule has 260 valence electrons. The van der Waals surface area contributed by atoms with Gasteiger partial charge in [-0.3, -0.25) is 0 Å². The number of nitrogens with zero attached hydrogens (tertiary/aromatic N) is 1. The van der Waals surface area contributed by atoms with Gasteiger partial charge in [-0.25, -0.2) is 0 Å². The summed E-state index contributed by atoms with van der Waals surface area (Å²) in [6, 6.07) is 0. The number of aliphatic hydroxyl groups excluding tert-OH is 1. The van der Waals surface area contributed by atoms with Crippen molar-refractivity contribution in [3.63, 3.8) is 0 Å². The van der Waals surface area contributed by atoms with Crippen molar-refractivity contribution in [3.8, 4) is 0 Å². The number of hydrogen-bond donors (Lipinski definition) is 2. The fourth-order valence-corrected chi connectivity index (χ4v) is 12.9. The fraction of sp³-hybridized carbons (Fsp3) is 0.943. The summed E-state index contributed by atoms with van der Waals surface area (Å²) < 4.78 is 68.7. The standard InChI is InChI=1S/C35H59F3N2O4S/c1-8-40(21-9-23-41)22-20-39-34-17-12-24(2)29(34)25-10-11-27-31(5)15-14-28(44-45(42,43)35(36,37)38)30(3,4)26(31)13-16-33(27,7)32(25,6)18-19-34/h14,24-27,29,39,41H,8-13,15-23H2,1-7H3/t24-,25-,26+,27-,29-,31+,32-,33-,34+/m1/s1. The van der Waals surface area contributed by atoms with Crippen LogP contribution >= 0.6 is 0 Å². The molecule has 5 aliphatic rings. The number of likely N-dealkylation sites (N-methyl/N-ethyl adjacent to an activating group) is 1. The van der Waals surface area contributed by atoms with E-state index in [1.54, 1.807) is 6.08 Å². The number of rotatable bonds is 10. The van der Waals surface area contributed by atoms with E-state index in [-0.39, 0.29) is 40.1 Å². The minimum atomic E-state index is -5.71. The summed E-state index contributed by atoms with van der Waals surface area (Å²) in [5.41, 5.74) is -5.97. The van der Waals surface area contributed by atoms with Crippen molar-refractivity contribution in [2.45, 2.75) is 124 Å². The highest BCUT2D eigenvalue weighted by molar-refractivity contribution is 7.87. The lowest BCUT2D eigenvalue weighted by Crippen LogP contribution is -2.68. The Morgan fingerprint density at radius 2 is 1.69 bits per heavy atom. The van der Waals surface area contributed by atoms with Gasteiger partial charge in [0.15, 0.2) is 0 Å². The van der Waals surface area contributed by atoms with Crippen LogP contribution in [0.15, 0.2) is 11.8 Å². The number of fused-ring (bicyclic) bond motifs is 7. The van der Waals surface area contributed by atoms with Crippen LogP contribution in [0.2, 0.25) is 0 Å². The first-order chi connectivity index (χ1) is 20.8. The quantitative estimate of drug-likeness (QED) is 0.187. The maximum atomic E-state index is 13.3. The van der Waals surface area contributed by atoms with Crippen LogP contribution in [-0.2, 0) is 14.3 Å². The monoisotopic (exact) mass is 660 g/mol. The van der Waals surface area contributed by atoms with E-state index in [9.17, 15) is 26.7 Å². The number of nitrogens with one attached hydrogen (secondary N) is 1. The van der Waals surface area contributed by atoms with Gasteiger partial charge in [0.1, 0.15) is 5.76 Å². The molecule has 10 heteroatoms. The number of halogens is 3. The van der Waals surface area contributed by atoms with E-state index in [1.165, 1.54) is 32.1 Å². The highest BCUT2D eigenvalue weighted by Gasteiger charge is 2.70. The molecule has 4 fully saturated rings. The second-order valence-corrected chi connectivity index (χ2v) is 18.3. The first kappa shape index (κ1) is 35.5. The lowest BCUT2D eigenvalue weighted by atomic mass is 9.33. The van der Waals surface area contributed by atoms with Crippen molar-refractivity contribution >= 4 is 10.1 Å². The highest BCUT2D eigenvalue weighted by atomic mass is 32.2. The molecule has 5 aliphatic carbocycles. The third-order valence-corrected chi connectivity index (χ3v) is 15.7. The first-order valence-corrected chi connectivity index (χ1v) is 19.0. The zero-order valence-corrected chi connectivity index (χ0v) is 29.5. The topological polar surface area (TPSA) is 78.9 Å². The summed E-state index contributed by atoms with van der Waals surface area (Å²) >= 11 is 0. The zero-order valence-electron chi connectivity index (χ0n) is 28.7. The molecule has 0 aliphatic heterocycles. The molecule has 9 atom stereocenters. The SMILES string of the molecule is CCN(CCCO)CCN[C@]12CC[C@@H](C)[C@@H]1[C@H]1CC[C@@H]3[C@@]4(C)CC=C(OS(=O)(=O)C(F)(F)F)C(C)(C)[C@@H]4CC[C@@]3(C)[C@]1(C)CC2. The second kappa shape index (κ2) is 11.9. The van der Waals surface area contributed by atoms with Gasteiger partial charge < -0.3 is 19.5 Å². The van der Waals surface area contributed by atoms with Crippen LogP contribution in [-0.4, -0.2) is 62.3 Å². The van der Waals surface area contributed by atoms with Crippen LogP contribution in [0.3, 0.4) is 0 Å². The van der Waals surface area contributed by atoms with Crippen LogP contribution in [0.1, 0.15) is 113 Å². The molecule has 45 heavy (non-hydrogen) atoms. The van der Waals surface area contributed by atoms with E-state index in [1.807, 2.05) is 13.8 Å². The molecule has 0 heterocycles. The normalized spacial score (nSPS) is 42.8. The van der Waals surface area contributed by atoms with Crippen molar-refractivity contribution in [1.82, 2.24) is 10.2 Å². The third kappa shape index (κ3) is 5.51. The largest absolute Gasteiger partial charge is 0.534 e. The van der Waals surface area contributed by atoms with E-state index >= 15 is 0 Å². The Bertz CT molecular complexity index is 1240. The summed E-state index contributed by atoms with van der Waals surface area (Å²) in [5, 5.41) is 13.4. The van der Waals surface area contributed by atoms with E-state index in [0.717, 1.165) is 51.9 Å². The van der Waals surface area contributed by atoms with E-state index in [0.29, 0.717) is 30.1 Å². The summed E-state index contributed by atoms with van der Waals surface area (Å²) in [5.74, 6) is 2.31. The maximum Gasteiger partial charge on any atom is 0.534 e. The molecule has 0 aromatic heterocycles.